The molecule has 7 nitrogen and oxygen atoms in total. The molecule has 0 bridgehead atoms. The van der Waals surface area contributed by atoms with Crippen LogP contribution in [-0.4, -0.2) is 50.2 Å². The predicted octanol–water partition coefficient (Wildman–Crippen LogP) is 2.67. The smallest absolute Gasteiger partial charge is 0.278 e. The van der Waals surface area contributed by atoms with Gasteiger partial charge in [0.25, 0.3) is 5.69 Å². The molecule has 8 heteroatoms. The van der Waals surface area contributed by atoms with Crippen LogP contribution in [0.5, 0.6) is 11.5 Å². The lowest BCUT2D eigenvalue weighted by atomic mass is 9.99. The van der Waals surface area contributed by atoms with E-state index in [0.29, 0.717) is 17.1 Å². The molecule has 0 unspecified atom stereocenters. The van der Waals surface area contributed by atoms with Gasteiger partial charge < -0.3 is 14.8 Å². The first-order chi connectivity index (χ1) is 12.2. The standard InChI is InChI=1S/C17H21N3O4S/c1-23-14-10-12(13(20(21)22)11-15(14)24-2)17(16-4-3-9-25-16)19-7-5-18-6-8-19/h3-4,9-11,17-18H,5-8H2,1-2H3/t17-/m1/s1. The molecule has 1 atom stereocenters. The molecular formula is C17H21N3O4S. The second-order valence-corrected chi connectivity index (χ2v) is 6.71. The number of hydrogen-bond acceptors (Lipinski definition) is 7. The Kier molecular flexibility index (Phi) is 5.52. The number of nitro groups is 1. The predicted molar refractivity (Wildman–Crippen MR) is 96.8 cm³/mol. The van der Waals surface area contributed by atoms with E-state index in [-0.39, 0.29) is 16.7 Å². The minimum Gasteiger partial charge on any atom is -0.493 e. The molecule has 2 aromatic rings. The van der Waals surface area contributed by atoms with E-state index >= 15 is 0 Å². The van der Waals surface area contributed by atoms with Crippen LogP contribution in [0.4, 0.5) is 5.69 Å². The summed E-state index contributed by atoms with van der Waals surface area (Å²) in [6.45, 7) is 3.38. The highest BCUT2D eigenvalue weighted by Gasteiger charge is 2.32. The van der Waals surface area contributed by atoms with Gasteiger partial charge in [0.15, 0.2) is 11.5 Å². The molecular weight excluding hydrogens is 342 g/mol. The zero-order chi connectivity index (χ0) is 17.8. The quantitative estimate of drug-likeness (QED) is 0.628. The number of thiophene rings is 1. The summed E-state index contributed by atoms with van der Waals surface area (Å²) < 4.78 is 10.6. The Morgan fingerprint density at radius 1 is 1.24 bits per heavy atom. The van der Waals surface area contributed by atoms with Crippen LogP contribution in [0.25, 0.3) is 0 Å². The van der Waals surface area contributed by atoms with Gasteiger partial charge in [0.1, 0.15) is 0 Å². The first kappa shape index (κ1) is 17.7. The van der Waals surface area contributed by atoms with Gasteiger partial charge in [-0.05, 0) is 17.5 Å². The van der Waals surface area contributed by atoms with E-state index in [1.165, 1.54) is 13.2 Å². The molecule has 1 fully saturated rings. The average molecular weight is 363 g/mol. The van der Waals surface area contributed by atoms with Crippen molar-refractivity contribution in [2.75, 3.05) is 40.4 Å². The van der Waals surface area contributed by atoms with Gasteiger partial charge in [-0.15, -0.1) is 11.3 Å². The molecule has 25 heavy (non-hydrogen) atoms. The number of methoxy groups -OCH3 is 2. The number of nitro benzene ring substituents is 1. The van der Waals surface area contributed by atoms with E-state index < -0.39 is 0 Å². The van der Waals surface area contributed by atoms with Crippen molar-refractivity contribution in [3.63, 3.8) is 0 Å². The maximum Gasteiger partial charge on any atom is 0.278 e. The molecule has 1 aliphatic heterocycles. The lowest BCUT2D eigenvalue weighted by molar-refractivity contribution is -0.386. The molecule has 0 radical (unpaired) electrons. The highest BCUT2D eigenvalue weighted by atomic mass is 32.1. The lowest BCUT2D eigenvalue weighted by Gasteiger charge is -2.34. The molecule has 1 aromatic carbocycles. The van der Waals surface area contributed by atoms with E-state index in [4.69, 9.17) is 9.47 Å². The van der Waals surface area contributed by atoms with Gasteiger partial charge in [-0.3, -0.25) is 15.0 Å². The summed E-state index contributed by atoms with van der Waals surface area (Å²) in [5, 5.41) is 17.1. The normalized spacial score (nSPS) is 16.4. The molecule has 0 aliphatic carbocycles. The van der Waals surface area contributed by atoms with Crippen molar-refractivity contribution in [2.24, 2.45) is 0 Å². The molecule has 0 saturated carbocycles. The number of benzene rings is 1. The van der Waals surface area contributed by atoms with Gasteiger partial charge in [0.05, 0.1) is 36.8 Å². The summed E-state index contributed by atoms with van der Waals surface area (Å²) in [7, 11) is 3.02. The van der Waals surface area contributed by atoms with E-state index in [1.54, 1.807) is 24.5 Å². The van der Waals surface area contributed by atoms with E-state index in [2.05, 4.69) is 10.2 Å². The molecule has 3 rings (SSSR count). The molecule has 1 saturated heterocycles. The topological polar surface area (TPSA) is 76.9 Å². The van der Waals surface area contributed by atoms with Crippen molar-refractivity contribution in [3.05, 3.63) is 50.2 Å². The van der Waals surface area contributed by atoms with Crippen molar-refractivity contribution < 1.29 is 14.4 Å². The Bertz CT molecular complexity index is 730. The highest BCUT2D eigenvalue weighted by molar-refractivity contribution is 7.10. The summed E-state index contributed by atoms with van der Waals surface area (Å²) in [4.78, 5) is 14.7. The summed E-state index contributed by atoms with van der Waals surface area (Å²) in [5.41, 5.74) is 0.682. The number of nitrogens with zero attached hydrogens (tertiary/aromatic N) is 2. The maximum atomic E-state index is 11.7. The van der Waals surface area contributed by atoms with E-state index in [9.17, 15) is 10.1 Å². The third-order valence-electron chi connectivity index (χ3n) is 4.35. The summed E-state index contributed by atoms with van der Waals surface area (Å²) in [6.07, 6.45) is 0. The van der Waals surface area contributed by atoms with Crippen LogP contribution in [0.1, 0.15) is 16.5 Å². The van der Waals surface area contributed by atoms with Gasteiger partial charge in [-0.25, -0.2) is 0 Å². The van der Waals surface area contributed by atoms with Crippen LogP contribution in [-0.2, 0) is 0 Å². The monoisotopic (exact) mass is 363 g/mol. The SMILES string of the molecule is COc1cc([C@H](c2cccs2)N2CCNCC2)c([N+](=O)[O-])cc1OC. The first-order valence-electron chi connectivity index (χ1n) is 8.04. The number of rotatable bonds is 6. The molecule has 0 spiro atoms. The fourth-order valence-corrected chi connectivity index (χ4v) is 4.05. The van der Waals surface area contributed by atoms with Crippen LogP contribution in [0.2, 0.25) is 0 Å². The minimum atomic E-state index is -0.347. The molecule has 1 aromatic heterocycles. The second kappa shape index (κ2) is 7.81. The van der Waals surface area contributed by atoms with Crippen LogP contribution in [0.15, 0.2) is 29.6 Å². The molecule has 1 N–H and O–H groups in total. The molecule has 0 amide bonds. The van der Waals surface area contributed by atoms with E-state index in [0.717, 1.165) is 31.1 Å². The fraction of sp³-hybridized carbons (Fsp3) is 0.412. The summed E-state index contributed by atoms with van der Waals surface area (Å²) in [5.74, 6) is 0.864. The molecule has 1 aliphatic rings. The third-order valence-corrected chi connectivity index (χ3v) is 5.28. The fourth-order valence-electron chi connectivity index (χ4n) is 3.18. The second-order valence-electron chi connectivity index (χ2n) is 5.73. The Morgan fingerprint density at radius 3 is 2.48 bits per heavy atom. The lowest BCUT2D eigenvalue weighted by Crippen LogP contribution is -2.45. The Morgan fingerprint density at radius 2 is 1.92 bits per heavy atom. The van der Waals surface area contributed by atoms with Gasteiger partial charge >= 0.3 is 0 Å². The van der Waals surface area contributed by atoms with Gasteiger partial charge in [0.2, 0.25) is 0 Å². The van der Waals surface area contributed by atoms with Crippen molar-refractivity contribution in [2.45, 2.75) is 6.04 Å². The van der Waals surface area contributed by atoms with E-state index in [1.807, 2.05) is 17.5 Å². The Balaban J connectivity index is 2.15. The first-order valence-corrected chi connectivity index (χ1v) is 8.92. The van der Waals surface area contributed by atoms with Crippen LogP contribution in [0.3, 0.4) is 0 Å². The zero-order valence-electron chi connectivity index (χ0n) is 14.2. The van der Waals surface area contributed by atoms with Crippen molar-refractivity contribution in [1.82, 2.24) is 10.2 Å². The highest BCUT2D eigenvalue weighted by Crippen LogP contribution is 2.42. The van der Waals surface area contributed by atoms with Crippen molar-refractivity contribution in [3.8, 4) is 11.5 Å². The van der Waals surface area contributed by atoms with Crippen LogP contribution < -0.4 is 14.8 Å². The number of ether oxygens (including phenoxy) is 2. The summed E-state index contributed by atoms with van der Waals surface area (Å²) in [6, 6.07) is 7.02. The number of hydrogen-bond donors (Lipinski definition) is 1. The van der Waals surface area contributed by atoms with Crippen molar-refractivity contribution in [1.29, 1.82) is 0 Å². The Labute approximate surface area is 150 Å². The van der Waals surface area contributed by atoms with Crippen molar-refractivity contribution >= 4 is 17.0 Å². The van der Waals surface area contributed by atoms with Gasteiger partial charge in [0, 0.05) is 31.1 Å². The van der Waals surface area contributed by atoms with Gasteiger partial charge in [-0.2, -0.15) is 0 Å². The maximum absolute atomic E-state index is 11.7. The van der Waals surface area contributed by atoms with Crippen LogP contribution >= 0.6 is 11.3 Å². The minimum absolute atomic E-state index is 0.0505. The molecule has 134 valence electrons. The Hall–Kier alpha value is -2.16. The average Bonchev–Trinajstić information content (AvgIpc) is 3.16. The largest absolute Gasteiger partial charge is 0.493 e. The zero-order valence-corrected chi connectivity index (χ0v) is 15.0. The number of nitrogens with one attached hydrogen (secondary N) is 1. The molecule has 2 heterocycles. The number of piperazine rings is 1. The third kappa shape index (κ3) is 3.60. The van der Waals surface area contributed by atoms with Gasteiger partial charge in [-0.1, -0.05) is 6.07 Å². The summed E-state index contributed by atoms with van der Waals surface area (Å²) >= 11 is 1.61. The van der Waals surface area contributed by atoms with Crippen LogP contribution in [0, 0.1) is 10.1 Å².